The highest BCUT2D eigenvalue weighted by atomic mass is 19.1. The summed E-state index contributed by atoms with van der Waals surface area (Å²) in [6, 6.07) is 4.46. The molecule has 1 aliphatic heterocycles. The Morgan fingerprint density at radius 2 is 1.97 bits per heavy atom. The van der Waals surface area contributed by atoms with E-state index in [0.717, 1.165) is 22.2 Å². The first-order valence-electron chi connectivity index (χ1n) is 9.55. The summed E-state index contributed by atoms with van der Waals surface area (Å²) in [5.74, 6) is -0.732. The summed E-state index contributed by atoms with van der Waals surface area (Å²) in [4.78, 5) is 34.3. The van der Waals surface area contributed by atoms with Crippen LogP contribution < -0.4 is 10.2 Å². The van der Waals surface area contributed by atoms with Crippen molar-refractivity contribution < 1.29 is 18.7 Å². The number of aromatic nitrogens is 4. The molecular formula is C21H21FN6O3. The lowest BCUT2D eigenvalue weighted by molar-refractivity contribution is 0.0549. The molecule has 3 aromatic rings. The lowest BCUT2D eigenvalue weighted by Gasteiger charge is -2.22. The molecule has 0 fully saturated rings. The van der Waals surface area contributed by atoms with E-state index in [1.165, 1.54) is 6.20 Å². The van der Waals surface area contributed by atoms with Crippen LogP contribution in [0.4, 0.5) is 19.9 Å². The standard InChI is InChI=1S/C21H21FN6O3/c1-11-10-28(19(29)25-20(30)31-21(2,3)4)18-23-9-14(22)16(24-18)12-6-7-15-13(8-12)17(11)27(5)26-15/h6-10H,1-5H3,(H,25,29,30)/b11-10+. The second kappa shape index (κ2) is 7.15. The Morgan fingerprint density at radius 1 is 1.23 bits per heavy atom. The number of urea groups is 1. The van der Waals surface area contributed by atoms with Gasteiger partial charge < -0.3 is 4.74 Å². The van der Waals surface area contributed by atoms with Gasteiger partial charge in [-0.05, 0) is 45.4 Å². The third-order valence-electron chi connectivity index (χ3n) is 4.58. The van der Waals surface area contributed by atoms with E-state index in [4.69, 9.17) is 4.74 Å². The van der Waals surface area contributed by atoms with Crippen LogP contribution in [0.2, 0.25) is 0 Å². The Labute approximate surface area is 177 Å². The van der Waals surface area contributed by atoms with Crippen molar-refractivity contribution in [3.05, 3.63) is 42.1 Å². The van der Waals surface area contributed by atoms with Gasteiger partial charge in [0.2, 0.25) is 5.95 Å². The number of hydrogen-bond acceptors (Lipinski definition) is 6. The topological polar surface area (TPSA) is 102 Å². The fourth-order valence-corrected chi connectivity index (χ4v) is 3.40. The fraction of sp³-hybridized carbons (Fsp3) is 0.286. The van der Waals surface area contributed by atoms with E-state index >= 15 is 0 Å². The minimum atomic E-state index is -0.920. The van der Waals surface area contributed by atoms with Crippen LogP contribution in [0.3, 0.4) is 0 Å². The molecule has 31 heavy (non-hydrogen) atoms. The van der Waals surface area contributed by atoms with Crippen molar-refractivity contribution in [1.29, 1.82) is 0 Å². The molecule has 0 saturated heterocycles. The lowest BCUT2D eigenvalue weighted by Crippen LogP contribution is -2.43. The number of hydrogen-bond donors (Lipinski definition) is 1. The van der Waals surface area contributed by atoms with Gasteiger partial charge in [0.05, 0.1) is 17.4 Å². The van der Waals surface area contributed by atoms with Crippen molar-refractivity contribution in [1.82, 2.24) is 25.1 Å². The van der Waals surface area contributed by atoms with Gasteiger partial charge in [-0.3, -0.25) is 4.68 Å². The molecule has 0 radical (unpaired) electrons. The molecule has 1 aromatic carbocycles. The third kappa shape index (κ3) is 3.83. The van der Waals surface area contributed by atoms with Crippen molar-refractivity contribution >= 4 is 34.5 Å². The van der Waals surface area contributed by atoms with E-state index in [0.29, 0.717) is 16.7 Å². The average Bonchev–Trinajstić information content (AvgIpc) is 2.99. The number of carbonyl (C=O) groups excluding carboxylic acids is 2. The maximum absolute atomic E-state index is 14.6. The number of rotatable bonds is 0. The summed E-state index contributed by atoms with van der Waals surface area (Å²) in [5.41, 5.74) is 1.88. The Bertz CT molecular complexity index is 1260. The zero-order valence-electron chi connectivity index (χ0n) is 17.7. The number of benzene rings is 1. The van der Waals surface area contributed by atoms with Gasteiger partial charge in [0.1, 0.15) is 11.3 Å². The highest BCUT2D eigenvalue weighted by molar-refractivity contribution is 6.03. The monoisotopic (exact) mass is 424 g/mol. The minimum Gasteiger partial charge on any atom is -0.443 e. The molecule has 0 spiro atoms. The third-order valence-corrected chi connectivity index (χ3v) is 4.58. The molecule has 10 heteroatoms. The van der Waals surface area contributed by atoms with E-state index in [1.54, 1.807) is 57.6 Å². The fourth-order valence-electron chi connectivity index (χ4n) is 3.40. The molecule has 0 saturated carbocycles. The number of ether oxygens (including phenoxy) is 1. The number of halogens is 1. The Balaban J connectivity index is 1.86. The molecule has 4 rings (SSSR count). The average molecular weight is 424 g/mol. The first-order valence-corrected chi connectivity index (χ1v) is 9.55. The molecule has 3 amide bonds. The zero-order chi connectivity index (χ0) is 22.5. The molecular weight excluding hydrogens is 403 g/mol. The number of nitrogens with one attached hydrogen (secondary N) is 1. The highest BCUT2D eigenvalue weighted by Gasteiger charge is 2.26. The van der Waals surface area contributed by atoms with Crippen LogP contribution in [-0.4, -0.2) is 37.5 Å². The molecule has 0 unspecified atom stereocenters. The van der Waals surface area contributed by atoms with Crippen molar-refractivity contribution in [2.24, 2.45) is 7.05 Å². The first-order chi connectivity index (χ1) is 14.5. The molecule has 2 aromatic heterocycles. The van der Waals surface area contributed by atoms with Gasteiger partial charge in [-0.2, -0.15) is 5.10 Å². The van der Waals surface area contributed by atoms with Gasteiger partial charge in [0.15, 0.2) is 5.82 Å². The van der Waals surface area contributed by atoms with Crippen LogP contribution in [-0.2, 0) is 11.8 Å². The number of aryl methyl sites for hydroxylation is 1. The van der Waals surface area contributed by atoms with E-state index in [2.05, 4.69) is 20.4 Å². The number of anilines is 1. The van der Waals surface area contributed by atoms with Gasteiger partial charge in [-0.15, -0.1) is 0 Å². The lowest BCUT2D eigenvalue weighted by atomic mass is 10.0. The van der Waals surface area contributed by atoms with Crippen molar-refractivity contribution in [3.8, 4) is 11.3 Å². The van der Waals surface area contributed by atoms with Crippen molar-refractivity contribution in [3.63, 3.8) is 0 Å². The number of alkyl carbamates (subject to hydrolysis) is 1. The normalized spacial score (nSPS) is 14.9. The number of imide groups is 1. The molecule has 0 atom stereocenters. The van der Waals surface area contributed by atoms with E-state index in [9.17, 15) is 14.0 Å². The number of fused-ring (bicyclic) bond motifs is 4. The Hall–Kier alpha value is -3.82. The van der Waals surface area contributed by atoms with E-state index in [-0.39, 0.29) is 11.6 Å². The predicted octanol–water partition coefficient (Wildman–Crippen LogP) is 3.99. The molecule has 4 bridgehead atoms. The molecule has 1 aliphatic rings. The van der Waals surface area contributed by atoms with Gasteiger partial charge in [0, 0.05) is 24.2 Å². The SMILES string of the molecule is C/C1=C\N(C(=O)NC(=O)OC(C)(C)C)c2ncc(F)c(n2)-c2ccc3nn(C)c1c3c2. The van der Waals surface area contributed by atoms with E-state index < -0.39 is 23.5 Å². The largest absolute Gasteiger partial charge is 0.443 e. The number of allylic oxidation sites excluding steroid dienone is 1. The van der Waals surface area contributed by atoms with Crippen LogP contribution >= 0.6 is 0 Å². The second-order valence-electron chi connectivity index (χ2n) is 8.18. The van der Waals surface area contributed by atoms with Crippen LogP contribution in [0.1, 0.15) is 33.4 Å². The summed E-state index contributed by atoms with van der Waals surface area (Å²) in [6.07, 6.45) is 1.55. The maximum Gasteiger partial charge on any atom is 0.415 e. The van der Waals surface area contributed by atoms with E-state index in [1.807, 2.05) is 0 Å². The summed E-state index contributed by atoms with van der Waals surface area (Å²) < 4.78 is 21.4. The number of carbonyl (C=O) groups is 2. The second-order valence-corrected chi connectivity index (χ2v) is 8.18. The minimum absolute atomic E-state index is 0.0322. The Kier molecular flexibility index (Phi) is 4.72. The summed E-state index contributed by atoms with van der Waals surface area (Å²) >= 11 is 0. The zero-order valence-corrected chi connectivity index (χ0v) is 17.7. The quantitative estimate of drug-likeness (QED) is 0.585. The van der Waals surface area contributed by atoms with Crippen LogP contribution in [0.5, 0.6) is 0 Å². The summed E-state index contributed by atoms with van der Waals surface area (Å²) in [7, 11) is 1.78. The molecule has 160 valence electrons. The van der Waals surface area contributed by atoms with Crippen molar-refractivity contribution in [2.75, 3.05) is 4.90 Å². The first kappa shape index (κ1) is 20.5. The van der Waals surface area contributed by atoms with Crippen LogP contribution in [0, 0.1) is 5.82 Å². The summed E-state index contributed by atoms with van der Waals surface area (Å²) in [5, 5.41) is 7.42. The molecule has 1 N–H and O–H groups in total. The highest BCUT2D eigenvalue weighted by Crippen LogP contribution is 2.32. The van der Waals surface area contributed by atoms with Gasteiger partial charge in [-0.1, -0.05) is 6.07 Å². The van der Waals surface area contributed by atoms with Crippen LogP contribution in [0.15, 0.2) is 30.6 Å². The van der Waals surface area contributed by atoms with Crippen molar-refractivity contribution in [2.45, 2.75) is 33.3 Å². The van der Waals surface area contributed by atoms with Gasteiger partial charge in [-0.25, -0.2) is 34.2 Å². The number of nitrogens with zero attached hydrogens (tertiary/aromatic N) is 5. The van der Waals surface area contributed by atoms with Gasteiger partial charge in [0.25, 0.3) is 0 Å². The maximum atomic E-state index is 14.6. The van der Waals surface area contributed by atoms with Crippen LogP contribution in [0.25, 0.3) is 27.7 Å². The molecule has 3 heterocycles. The summed E-state index contributed by atoms with van der Waals surface area (Å²) in [6.45, 7) is 6.84. The Morgan fingerprint density at radius 3 is 2.68 bits per heavy atom. The smallest absolute Gasteiger partial charge is 0.415 e. The molecule has 9 nitrogen and oxygen atoms in total. The predicted molar refractivity (Wildman–Crippen MR) is 113 cm³/mol. The number of amides is 3. The molecule has 0 aliphatic carbocycles. The van der Waals surface area contributed by atoms with Gasteiger partial charge >= 0.3 is 12.1 Å².